The van der Waals surface area contributed by atoms with E-state index in [9.17, 15) is 0 Å². The third kappa shape index (κ3) is 5.44. The Balaban J connectivity index is 1.20. The molecule has 1 aromatic heterocycles. The molecule has 0 fully saturated rings. The third-order valence-corrected chi connectivity index (χ3v) is 9.71. The highest BCUT2D eigenvalue weighted by Gasteiger charge is 2.19. The summed E-state index contributed by atoms with van der Waals surface area (Å²) < 4.78 is 2.41. The molecule has 1 aliphatic rings. The standard InChI is InChI=1S/C46H40N2/c1-46(2,3)36-25-31-39(32-26-36)47(37-27-21-34(22-28-37)33-13-5-4-6-14-33)38-29-23-35(24-30-38)40-15-7-10-18-43(40)48-44-19-11-8-16-41(44)42-17-9-12-20-45(42)48/h4-13,15-33H,14H2,1-3H3. The zero-order valence-corrected chi connectivity index (χ0v) is 27.8. The van der Waals surface area contributed by atoms with Crippen molar-refractivity contribution < 1.29 is 0 Å². The van der Waals surface area contributed by atoms with E-state index >= 15 is 0 Å². The molecule has 0 radical (unpaired) electrons. The summed E-state index contributed by atoms with van der Waals surface area (Å²) in [5, 5.41) is 2.54. The van der Waals surface area contributed by atoms with Gasteiger partial charge in [-0.1, -0.05) is 136 Å². The van der Waals surface area contributed by atoms with Gasteiger partial charge < -0.3 is 9.47 Å². The normalized spacial score (nSPS) is 14.5. The molecule has 8 rings (SSSR count). The van der Waals surface area contributed by atoms with E-state index in [1.165, 1.54) is 49.7 Å². The maximum atomic E-state index is 2.41. The molecule has 0 saturated carbocycles. The zero-order chi connectivity index (χ0) is 32.7. The first kappa shape index (κ1) is 29.8. The van der Waals surface area contributed by atoms with E-state index < -0.39 is 0 Å². The summed E-state index contributed by atoms with van der Waals surface area (Å²) in [6.07, 6.45) is 9.90. The fourth-order valence-electron chi connectivity index (χ4n) is 7.14. The van der Waals surface area contributed by atoms with Crippen LogP contribution in [-0.2, 0) is 5.41 Å². The van der Waals surface area contributed by atoms with Crippen molar-refractivity contribution in [2.45, 2.75) is 38.5 Å². The molecule has 7 aromatic rings. The number of para-hydroxylation sites is 3. The van der Waals surface area contributed by atoms with Gasteiger partial charge in [0, 0.05) is 39.3 Å². The Kier molecular flexibility index (Phi) is 7.57. The Morgan fingerprint density at radius 1 is 0.562 bits per heavy atom. The van der Waals surface area contributed by atoms with Crippen molar-refractivity contribution in [1.82, 2.24) is 4.57 Å². The van der Waals surface area contributed by atoms with Crippen molar-refractivity contribution in [3.8, 4) is 16.8 Å². The van der Waals surface area contributed by atoms with E-state index in [1.54, 1.807) is 0 Å². The first-order valence-corrected chi connectivity index (χ1v) is 17.0. The van der Waals surface area contributed by atoms with Crippen LogP contribution in [0.4, 0.5) is 17.1 Å². The van der Waals surface area contributed by atoms with Crippen LogP contribution in [-0.4, -0.2) is 4.57 Å². The molecule has 0 aliphatic heterocycles. The molecule has 2 heteroatoms. The van der Waals surface area contributed by atoms with Gasteiger partial charge in [-0.05, 0) is 83.1 Å². The molecular formula is C46H40N2. The van der Waals surface area contributed by atoms with Crippen LogP contribution in [0, 0.1) is 0 Å². The minimum atomic E-state index is 0.0956. The largest absolute Gasteiger partial charge is 0.311 e. The van der Waals surface area contributed by atoms with Crippen molar-refractivity contribution in [2.24, 2.45) is 0 Å². The molecule has 1 aliphatic carbocycles. The third-order valence-electron chi connectivity index (χ3n) is 9.71. The number of rotatable bonds is 6. The van der Waals surface area contributed by atoms with Crippen LogP contribution in [0.3, 0.4) is 0 Å². The second-order valence-electron chi connectivity index (χ2n) is 13.8. The lowest BCUT2D eigenvalue weighted by molar-refractivity contribution is 0.590. The topological polar surface area (TPSA) is 8.17 Å². The lowest BCUT2D eigenvalue weighted by Crippen LogP contribution is -2.13. The maximum absolute atomic E-state index is 2.41. The highest BCUT2D eigenvalue weighted by atomic mass is 15.1. The van der Waals surface area contributed by atoms with E-state index in [2.05, 4.69) is 200 Å². The summed E-state index contributed by atoms with van der Waals surface area (Å²) in [6, 6.07) is 53.4. The minimum absolute atomic E-state index is 0.0956. The predicted octanol–water partition coefficient (Wildman–Crippen LogP) is 12.8. The number of benzene rings is 6. The monoisotopic (exact) mass is 620 g/mol. The quantitative estimate of drug-likeness (QED) is 0.180. The SMILES string of the molecule is CC(C)(C)c1ccc(N(c2ccc(-c3ccccc3-n3c4ccccc4c4ccccc43)cc2)c2ccc(C3C=CC=CC3)cc2)cc1. The second-order valence-corrected chi connectivity index (χ2v) is 13.8. The van der Waals surface area contributed by atoms with Crippen LogP contribution in [0.15, 0.2) is 170 Å². The van der Waals surface area contributed by atoms with Gasteiger partial charge in [-0.2, -0.15) is 0 Å². The molecule has 0 spiro atoms. The molecule has 1 heterocycles. The molecular weight excluding hydrogens is 581 g/mol. The fraction of sp³-hybridized carbons (Fsp3) is 0.130. The lowest BCUT2D eigenvalue weighted by Gasteiger charge is -2.27. The summed E-state index contributed by atoms with van der Waals surface area (Å²) in [5.74, 6) is 0.428. The number of hydrogen-bond donors (Lipinski definition) is 0. The molecule has 0 saturated heterocycles. The lowest BCUT2D eigenvalue weighted by atomic mass is 9.87. The number of aromatic nitrogens is 1. The smallest absolute Gasteiger partial charge is 0.0541 e. The number of allylic oxidation sites excluding steroid dienone is 4. The van der Waals surface area contributed by atoms with Crippen LogP contribution in [0.1, 0.15) is 44.2 Å². The van der Waals surface area contributed by atoms with Gasteiger partial charge >= 0.3 is 0 Å². The minimum Gasteiger partial charge on any atom is -0.311 e. The van der Waals surface area contributed by atoms with Gasteiger partial charge in [0.2, 0.25) is 0 Å². The van der Waals surface area contributed by atoms with Gasteiger partial charge in [-0.25, -0.2) is 0 Å². The Labute approximate surface area is 283 Å². The Hall–Kier alpha value is -5.60. The average Bonchev–Trinajstić information content (AvgIpc) is 3.47. The molecule has 234 valence electrons. The second kappa shape index (κ2) is 12.2. The van der Waals surface area contributed by atoms with Gasteiger partial charge in [0.25, 0.3) is 0 Å². The zero-order valence-electron chi connectivity index (χ0n) is 27.8. The summed E-state index contributed by atoms with van der Waals surface area (Å²) in [4.78, 5) is 2.37. The highest BCUT2D eigenvalue weighted by Crippen LogP contribution is 2.40. The molecule has 2 nitrogen and oxygen atoms in total. The Morgan fingerprint density at radius 2 is 1.10 bits per heavy atom. The van der Waals surface area contributed by atoms with Gasteiger partial charge in [-0.15, -0.1) is 0 Å². The highest BCUT2D eigenvalue weighted by molar-refractivity contribution is 6.09. The molecule has 0 N–H and O–H groups in total. The molecule has 0 amide bonds. The first-order valence-electron chi connectivity index (χ1n) is 17.0. The van der Waals surface area contributed by atoms with E-state index in [1.807, 2.05) is 0 Å². The van der Waals surface area contributed by atoms with E-state index in [0.717, 1.165) is 23.5 Å². The van der Waals surface area contributed by atoms with Crippen LogP contribution in [0.2, 0.25) is 0 Å². The number of fused-ring (bicyclic) bond motifs is 3. The number of nitrogens with zero attached hydrogens (tertiary/aromatic N) is 2. The van der Waals surface area contributed by atoms with Gasteiger partial charge in [0.05, 0.1) is 16.7 Å². The van der Waals surface area contributed by atoms with Crippen molar-refractivity contribution >= 4 is 38.9 Å². The van der Waals surface area contributed by atoms with E-state index in [4.69, 9.17) is 0 Å². The average molecular weight is 621 g/mol. The van der Waals surface area contributed by atoms with E-state index in [-0.39, 0.29) is 5.41 Å². The molecule has 48 heavy (non-hydrogen) atoms. The Morgan fingerprint density at radius 3 is 1.69 bits per heavy atom. The molecule has 1 unspecified atom stereocenters. The van der Waals surface area contributed by atoms with Gasteiger partial charge in [-0.3, -0.25) is 0 Å². The molecule has 6 aromatic carbocycles. The van der Waals surface area contributed by atoms with Crippen molar-refractivity contribution in [1.29, 1.82) is 0 Å². The first-order chi connectivity index (χ1) is 23.5. The maximum Gasteiger partial charge on any atom is 0.0541 e. The van der Waals surface area contributed by atoms with Crippen molar-refractivity contribution in [3.05, 3.63) is 181 Å². The van der Waals surface area contributed by atoms with Crippen LogP contribution < -0.4 is 4.90 Å². The van der Waals surface area contributed by atoms with Crippen molar-refractivity contribution in [3.63, 3.8) is 0 Å². The van der Waals surface area contributed by atoms with E-state index in [0.29, 0.717) is 5.92 Å². The fourth-order valence-corrected chi connectivity index (χ4v) is 7.14. The Bertz CT molecular complexity index is 2220. The predicted molar refractivity (Wildman–Crippen MR) is 205 cm³/mol. The van der Waals surface area contributed by atoms with Crippen LogP contribution in [0.5, 0.6) is 0 Å². The molecule has 0 bridgehead atoms. The summed E-state index contributed by atoms with van der Waals surface area (Å²) >= 11 is 0. The summed E-state index contributed by atoms with van der Waals surface area (Å²) in [6.45, 7) is 6.80. The van der Waals surface area contributed by atoms with Crippen LogP contribution in [0.25, 0.3) is 38.6 Å². The van der Waals surface area contributed by atoms with Gasteiger partial charge in [0.1, 0.15) is 0 Å². The molecule has 1 atom stereocenters. The number of hydrogen-bond acceptors (Lipinski definition) is 1. The van der Waals surface area contributed by atoms with Crippen molar-refractivity contribution in [2.75, 3.05) is 4.90 Å². The number of anilines is 3. The summed E-state index contributed by atoms with van der Waals surface area (Å²) in [7, 11) is 0. The summed E-state index contributed by atoms with van der Waals surface area (Å²) in [5.41, 5.74) is 12.2. The van der Waals surface area contributed by atoms with Crippen LogP contribution >= 0.6 is 0 Å². The van der Waals surface area contributed by atoms with Gasteiger partial charge in [0.15, 0.2) is 0 Å².